The summed E-state index contributed by atoms with van der Waals surface area (Å²) in [4.78, 5) is 16.4. The smallest absolute Gasteiger partial charge is 0.494 e. The van der Waals surface area contributed by atoms with Crippen LogP contribution < -0.4 is 0 Å². The van der Waals surface area contributed by atoms with Crippen LogP contribution in [0.2, 0.25) is 30.2 Å². The van der Waals surface area contributed by atoms with Gasteiger partial charge < -0.3 is 71.3 Å². The average molecular weight is 1270 g/mol. The van der Waals surface area contributed by atoms with Crippen molar-refractivity contribution in [2.75, 3.05) is 113 Å². The SMILES string of the molecule is [CH2-]N(CC(CCCC[Si](OC)(OC)OC)(CCCC[Si](OC)(OC)OC)C(F)(F)F)C(=O)C(CCC[Si](OC)(OC)OC)(CCC[Si](OC)(OC)OC)CCC[Si](OC)(OC)OC.[Rf]. The second-order valence-electron chi connectivity index (χ2n) is 15.5. The van der Waals surface area contributed by atoms with Crippen molar-refractivity contribution in [1.82, 2.24) is 4.90 Å². The van der Waals surface area contributed by atoms with E-state index in [1.54, 1.807) is 0 Å². The van der Waals surface area contributed by atoms with E-state index in [1.165, 1.54) is 107 Å². The summed E-state index contributed by atoms with van der Waals surface area (Å²) in [6.45, 7) is -0.688. The molecule has 1 amide bonds. The Kier molecular flexibility index (Phi) is 31.4. The van der Waals surface area contributed by atoms with Gasteiger partial charge in [0.25, 0.3) is 0 Å². The van der Waals surface area contributed by atoms with Gasteiger partial charge in [-0.05, 0) is 64.2 Å². The van der Waals surface area contributed by atoms with Crippen LogP contribution in [0.25, 0.3) is 0 Å². The molecule has 0 spiro atoms. The second-order valence-corrected chi connectivity index (χ2v) is 31.0. The summed E-state index contributed by atoms with van der Waals surface area (Å²) in [6, 6.07) is 1.66. The molecule has 0 saturated heterocycles. The molecular formula is C38H83F3NO16RfSi5-. The predicted octanol–water partition coefficient (Wildman–Crippen LogP) is 7.21. The molecule has 0 aromatic heterocycles. The van der Waals surface area contributed by atoms with E-state index in [4.69, 9.17) is 66.4 Å². The Morgan fingerprint density at radius 2 is 0.625 bits per heavy atom. The Bertz CT molecular complexity index is 1090. The third-order valence-electron chi connectivity index (χ3n) is 12.7. The van der Waals surface area contributed by atoms with Gasteiger partial charge in [-0.2, -0.15) is 13.2 Å². The first-order chi connectivity index (χ1) is 29.7. The van der Waals surface area contributed by atoms with E-state index in [2.05, 4.69) is 7.05 Å². The van der Waals surface area contributed by atoms with E-state index in [-0.39, 0.29) is 44.9 Å². The second kappa shape index (κ2) is 31.0. The molecule has 0 N–H and O–H groups in total. The van der Waals surface area contributed by atoms with Crippen LogP contribution in [0.15, 0.2) is 0 Å². The van der Waals surface area contributed by atoms with Crippen molar-refractivity contribution in [1.29, 1.82) is 0 Å². The number of alkyl halides is 3. The Balaban J connectivity index is 0. The normalized spacial score (nSPS) is 13.7. The van der Waals surface area contributed by atoms with Gasteiger partial charge in [0, 0.05) is 149 Å². The number of halogens is 3. The molecular weight excluding hydrogens is 1190 g/mol. The van der Waals surface area contributed by atoms with Gasteiger partial charge >= 0.3 is 50.2 Å². The number of nitrogens with zero attached hydrogens (tertiary/aromatic N) is 1. The molecule has 64 heavy (non-hydrogen) atoms. The Morgan fingerprint density at radius 3 is 0.828 bits per heavy atom. The average Bonchev–Trinajstić information content (AvgIpc) is 3.30. The standard InChI is InChI=1S/C38H83F3NO16Si5.Rf/c1-42(34-37(38(39,40)41,27-17-19-29-59(44-2,45-3)46-4)28-18-20-30-60(47-5,48-6)49-7)35(43)36(24-21-31-61(50-8,51-9)52-10,25-22-32-62(53-11,54-12)55-13)26-23-33-63(56-14,57-15)58-16;/h1,17-34H2,2-16H3;/q-1;. The Hall–Kier alpha value is -1.26. The molecule has 0 aliphatic rings. The van der Waals surface area contributed by atoms with Gasteiger partial charge in [0.1, 0.15) is 0 Å². The minimum Gasteiger partial charge on any atom is -0.494 e. The monoisotopic (exact) mass is 1270 g/mol. The quantitative estimate of drug-likeness (QED) is 0.0344. The molecule has 0 saturated carbocycles. The van der Waals surface area contributed by atoms with Crippen molar-refractivity contribution in [3.05, 3.63) is 7.05 Å². The van der Waals surface area contributed by atoms with Gasteiger partial charge in [0.05, 0.1) is 5.41 Å². The molecule has 0 bridgehead atoms. The molecule has 0 fully saturated rings. The van der Waals surface area contributed by atoms with Gasteiger partial charge in [-0.25, -0.2) is 0 Å². The van der Waals surface area contributed by atoms with Crippen LogP contribution in [0.5, 0.6) is 0 Å². The molecule has 0 heterocycles. The van der Waals surface area contributed by atoms with Crippen LogP contribution >= 0.6 is 0 Å². The summed E-state index contributed by atoms with van der Waals surface area (Å²) < 4.78 is 133. The van der Waals surface area contributed by atoms with Crippen molar-refractivity contribution in [2.45, 2.75) is 113 Å². The molecule has 0 radical (unpaired) electrons. The third-order valence-corrected chi connectivity index (χ3v) is 26.9. The number of amides is 1. The minimum atomic E-state index is -4.73. The van der Waals surface area contributed by atoms with Crippen LogP contribution in [0, 0.1) is 17.9 Å². The third kappa shape index (κ3) is 18.0. The van der Waals surface area contributed by atoms with Crippen molar-refractivity contribution in [2.24, 2.45) is 10.8 Å². The predicted molar refractivity (Wildman–Crippen MR) is 241 cm³/mol. The van der Waals surface area contributed by atoms with Crippen molar-refractivity contribution < 1.29 is 84.4 Å². The molecule has 0 aromatic rings. The Morgan fingerprint density at radius 1 is 0.406 bits per heavy atom. The van der Waals surface area contributed by atoms with Crippen molar-refractivity contribution in [3.63, 3.8) is 0 Å². The fourth-order valence-electron chi connectivity index (χ4n) is 8.45. The molecule has 0 aliphatic carbocycles. The zero-order chi connectivity index (χ0) is 48.5. The van der Waals surface area contributed by atoms with Gasteiger partial charge in [0.2, 0.25) is 0 Å². The van der Waals surface area contributed by atoms with E-state index >= 15 is 18.0 Å². The number of hydrogen-bond acceptors (Lipinski definition) is 16. The summed E-state index contributed by atoms with van der Waals surface area (Å²) in [7, 11) is 10.9. The molecule has 0 aliphatic heterocycles. The maximum Gasteiger partial charge on any atom is 0.500 e. The zero-order valence-electron chi connectivity index (χ0n) is 41.8. The number of carbonyl (C=O) groups is 1. The van der Waals surface area contributed by atoms with Gasteiger partial charge in [-0.3, -0.25) is 11.8 Å². The first kappa shape index (κ1) is 64.8. The van der Waals surface area contributed by atoms with Crippen LogP contribution in [-0.2, 0) is 71.2 Å². The maximum atomic E-state index is 16.0. The Labute approximate surface area is 382 Å². The summed E-state index contributed by atoms with van der Waals surface area (Å²) in [6.07, 6.45) is -2.42. The van der Waals surface area contributed by atoms with Gasteiger partial charge in [-0.15, -0.1) is 0 Å². The molecule has 17 nitrogen and oxygen atoms in total. The summed E-state index contributed by atoms with van der Waals surface area (Å²) in [5.41, 5.74) is -3.58. The minimum absolute atomic E-state index is 0. The van der Waals surface area contributed by atoms with Gasteiger partial charge in [-0.1, -0.05) is 12.8 Å². The molecule has 0 rings (SSSR count). The summed E-state index contributed by atoms with van der Waals surface area (Å²) >= 11 is 0. The molecule has 0 unspecified atom stereocenters. The fourth-order valence-corrected chi connectivity index (χ4v) is 17.2. The van der Waals surface area contributed by atoms with Crippen LogP contribution in [0.4, 0.5) is 13.2 Å². The van der Waals surface area contributed by atoms with E-state index in [1.807, 2.05) is 0 Å². The summed E-state index contributed by atoms with van der Waals surface area (Å²) in [5, 5.41) is 0. The number of rotatable bonds is 40. The van der Waals surface area contributed by atoms with Crippen LogP contribution in [-0.4, -0.2) is 174 Å². The molecule has 0 aromatic carbocycles. The number of carbonyl (C=O) groups excluding carboxylic acids is 1. The topological polar surface area (TPSA) is 159 Å². The van der Waals surface area contributed by atoms with Crippen molar-refractivity contribution in [3.8, 4) is 0 Å². The van der Waals surface area contributed by atoms with Crippen LogP contribution in [0.3, 0.4) is 0 Å². The number of unbranched alkanes of at least 4 members (excludes halogenated alkanes) is 2. The van der Waals surface area contributed by atoms with E-state index in [0.717, 1.165) is 4.90 Å². The largest absolute Gasteiger partial charge is 0.500 e. The maximum absolute atomic E-state index is 16.0. The molecule has 0 atom stereocenters. The van der Waals surface area contributed by atoms with E-state index in [0.29, 0.717) is 62.3 Å². The molecule has 380 valence electrons. The first-order valence-corrected chi connectivity index (χ1v) is 30.9. The summed E-state index contributed by atoms with van der Waals surface area (Å²) in [5.74, 6) is -0.524. The van der Waals surface area contributed by atoms with E-state index < -0.39 is 73.5 Å². The van der Waals surface area contributed by atoms with Gasteiger partial charge in [0.15, 0.2) is 5.91 Å². The van der Waals surface area contributed by atoms with E-state index in [9.17, 15) is 0 Å². The first-order valence-electron chi connectivity index (χ1n) is 21.2. The van der Waals surface area contributed by atoms with Crippen molar-refractivity contribution >= 4 is 49.9 Å². The fraction of sp³-hybridized carbons (Fsp3) is 0.947. The zero-order valence-corrected chi connectivity index (χ0v) is 53.2. The molecule has 26 heteroatoms. The van der Waals surface area contributed by atoms with Crippen LogP contribution in [0.1, 0.15) is 77.0 Å². The number of hydrogen-bond donors (Lipinski definition) is 0.